The highest BCUT2D eigenvalue weighted by molar-refractivity contribution is 4.89. The summed E-state index contributed by atoms with van der Waals surface area (Å²) >= 11 is 0. The van der Waals surface area contributed by atoms with Crippen LogP contribution in [0.15, 0.2) is 0 Å². The first-order valence-corrected chi connectivity index (χ1v) is 6.19. The molecule has 0 aromatic carbocycles. The zero-order chi connectivity index (χ0) is 12.9. The number of aliphatic hydroxyl groups is 1. The molecule has 0 atom stereocenters. The molecule has 17 heavy (non-hydrogen) atoms. The van der Waals surface area contributed by atoms with Crippen molar-refractivity contribution in [2.24, 2.45) is 10.8 Å². The molecule has 0 aromatic heterocycles. The molecule has 4 nitrogen and oxygen atoms in total. The van der Waals surface area contributed by atoms with Crippen LogP contribution in [0.4, 0.5) is 0 Å². The fourth-order valence-corrected chi connectivity index (χ4v) is 2.19. The van der Waals surface area contributed by atoms with Crippen LogP contribution in [0.25, 0.3) is 0 Å². The van der Waals surface area contributed by atoms with E-state index in [1.165, 1.54) is 0 Å². The summed E-state index contributed by atoms with van der Waals surface area (Å²) < 4.78 is 5.21. The number of hydrogen-bond acceptors (Lipinski definition) is 4. The van der Waals surface area contributed by atoms with Crippen LogP contribution in [0.3, 0.4) is 0 Å². The predicted octanol–water partition coefficient (Wildman–Crippen LogP) is 1.26. The lowest BCUT2D eigenvalue weighted by molar-refractivity contribution is -0.149. The summed E-state index contributed by atoms with van der Waals surface area (Å²) in [7, 11) is 0. The van der Waals surface area contributed by atoms with Gasteiger partial charge in [0, 0.05) is 26.1 Å². The molecule has 0 radical (unpaired) electrons. The highest BCUT2D eigenvalue weighted by Crippen LogP contribution is 2.29. The summed E-state index contributed by atoms with van der Waals surface area (Å²) in [5.74, 6) is 0. The summed E-state index contributed by atoms with van der Waals surface area (Å²) in [6.45, 7) is 10.5. The van der Waals surface area contributed by atoms with Crippen molar-refractivity contribution < 1.29 is 9.84 Å². The molecule has 1 aliphatic rings. The zero-order valence-corrected chi connectivity index (χ0v) is 11.2. The van der Waals surface area contributed by atoms with Gasteiger partial charge in [0.15, 0.2) is 0 Å². The van der Waals surface area contributed by atoms with E-state index in [9.17, 15) is 5.11 Å². The van der Waals surface area contributed by atoms with Crippen LogP contribution in [-0.2, 0) is 4.74 Å². The molecular weight excluding hydrogens is 216 g/mol. The van der Waals surface area contributed by atoms with E-state index in [4.69, 9.17) is 10.00 Å². The SMILES string of the molecule is CC(C)(C)CN(CCC#N)CC1(CO)COC1. The van der Waals surface area contributed by atoms with Gasteiger partial charge in [0.1, 0.15) is 0 Å². The van der Waals surface area contributed by atoms with Gasteiger partial charge in [0.2, 0.25) is 0 Å². The van der Waals surface area contributed by atoms with Crippen molar-refractivity contribution in [3.05, 3.63) is 0 Å². The van der Waals surface area contributed by atoms with Crippen LogP contribution in [0.5, 0.6) is 0 Å². The van der Waals surface area contributed by atoms with E-state index in [1.807, 2.05) is 0 Å². The largest absolute Gasteiger partial charge is 0.396 e. The Bertz CT molecular complexity index is 269. The lowest BCUT2D eigenvalue weighted by Gasteiger charge is -2.44. The van der Waals surface area contributed by atoms with Crippen LogP contribution in [0, 0.1) is 22.2 Å². The topological polar surface area (TPSA) is 56.5 Å². The van der Waals surface area contributed by atoms with Gasteiger partial charge in [-0.2, -0.15) is 5.26 Å². The number of nitrogens with zero attached hydrogens (tertiary/aromatic N) is 2. The van der Waals surface area contributed by atoms with E-state index in [0.29, 0.717) is 19.6 Å². The fourth-order valence-electron chi connectivity index (χ4n) is 2.19. The molecule has 1 aliphatic heterocycles. The third-order valence-electron chi connectivity index (χ3n) is 2.95. The molecule has 0 spiro atoms. The van der Waals surface area contributed by atoms with Crippen LogP contribution < -0.4 is 0 Å². The van der Waals surface area contributed by atoms with Crippen molar-refractivity contribution in [1.29, 1.82) is 5.26 Å². The van der Waals surface area contributed by atoms with Gasteiger partial charge in [-0.25, -0.2) is 0 Å². The minimum atomic E-state index is -0.0965. The second-order valence-corrected chi connectivity index (χ2v) is 6.33. The van der Waals surface area contributed by atoms with E-state index in [2.05, 4.69) is 31.7 Å². The quantitative estimate of drug-likeness (QED) is 0.759. The molecule has 0 saturated carbocycles. The van der Waals surface area contributed by atoms with E-state index < -0.39 is 0 Å². The molecule has 0 aliphatic carbocycles. The molecule has 0 amide bonds. The van der Waals surface area contributed by atoms with E-state index >= 15 is 0 Å². The third kappa shape index (κ3) is 4.63. The molecule has 0 aromatic rings. The molecule has 4 heteroatoms. The van der Waals surface area contributed by atoms with E-state index in [0.717, 1.165) is 19.6 Å². The second-order valence-electron chi connectivity index (χ2n) is 6.33. The predicted molar refractivity (Wildman–Crippen MR) is 66.5 cm³/mol. The number of aliphatic hydroxyl groups excluding tert-OH is 1. The van der Waals surface area contributed by atoms with Gasteiger partial charge in [-0.05, 0) is 5.41 Å². The molecular formula is C13H24N2O2. The standard InChI is InChI=1S/C13H24N2O2/c1-12(2,3)7-15(6-4-5-14)8-13(9-16)10-17-11-13/h16H,4,6-11H2,1-3H3. The highest BCUT2D eigenvalue weighted by atomic mass is 16.5. The Balaban J connectivity index is 2.53. The minimum Gasteiger partial charge on any atom is -0.396 e. The first kappa shape index (κ1) is 14.4. The van der Waals surface area contributed by atoms with Gasteiger partial charge in [0.05, 0.1) is 31.3 Å². The Morgan fingerprint density at radius 3 is 2.41 bits per heavy atom. The van der Waals surface area contributed by atoms with Crippen molar-refractivity contribution in [2.45, 2.75) is 27.2 Å². The van der Waals surface area contributed by atoms with E-state index in [-0.39, 0.29) is 17.4 Å². The van der Waals surface area contributed by atoms with Gasteiger partial charge >= 0.3 is 0 Å². The molecule has 1 N–H and O–H groups in total. The first-order chi connectivity index (χ1) is 7.91. The maximum atomic E-state index is 9.44. The Labute approximate surface area is 104 Å². The lowest BCUT2D eigenvalue weighted by Crippen LogP contribution is -2.54. The minimum absolute atomic E-state index is 0.0965. The average molecular weight is 240 g/mol. The van der Waals surface area contributed by atoms with Crippen molar-refractivity contribution in [1.82, 2.24) is 4.90 Å². The number of hydrogen-bond donors (Lipinski definition) is 1. The number of rotatable bonds is 6. The van der Waals surface area contributed by atoms with E-state index in [1.54, 1.807) is 0 Å². The Morgan fingerprint density at radius 1 is 1.41 bits per heavy atom. The van der Waals surface area contributed by atoms with Crippen LogP contribution in [0.1, 0.15) is 27.2 Å². The Morgan fingerprint density at radius 2 is 2.06 bits per heavy atom. The average Bonchev–Trinajstić information content (AvgIpc) is 2.17. The second kappa shape index (κ2) is 5.81. The molecule has 0 bridgehead atoms. The molecule has 98 valence electrons. The normalized spacial score (nSPS) is 18.8. The molecule has 1 heterocycles. The lowest BCUT2D eigenvalue weighted by atomic mass is 9.85. The van der Waals surface area contributed by atoms with Crippen molar-refractivity contribution >= 4 is 0 Å². The summed E-state index contributed by atoms with van der Waals surface area (Å²) in [4.78, 5) is 2.28. The van der Waals surface area contributed by atoms with Crippen molar-refractivity contribution in [3.8, 4) is 6.07 Å². The van der Waals surface area contributed by atoms with Gasteiger partial charge < -0.3 is 14.7 Å². The fraction of sp³-hybridized carbons (Fsp3) is 0.923. The van der Waals surface area contributed by atoms with Gasteiger partial charge in [-0.1, -0.05) is 20.8 Å². The first-order valence-electron chi connectivity index (χ1n) is 6.19. The van der Waals surface area contributed by atoms with Gasteiger partial charge in [0.25, 0.3) is 0 Å². The summed E-state index contributed by atoms with van der Waals surface area (Å²) in [6, 6.07) is 2.19. The van der Waals surface area contributed by atoms with Crippen LogP contribution in [-0.4, -0.2) is 49.5 Å². The van der Waals surface area contributed by atoms with Crippen LogP contribution in [0.2, 0.25) is 0 Å². The third-order valence-corrected chi connectivity index (χ3v) is 2.95. The van der Waals surface area contributed by atoms with Crippen molar-refractivity contribution in [3.63, 3.8) is 0 Å². The zero-order valence-electron chi connectivity index (χ0n) is 11.2. The van der Waals surface area contributed by atoms with Gasteiger partial charge in [-0.3, -0.25) is 0 Å². The maximum Gasteiger partial charge on any atom is 0.0635 e. The van der Waals surface area contributed by atoms with Crippen molar-refractivity contribution in [2.75, 3.05) is 39.5 Å². The Hall–Kier alpha value is -0.630. The monoisotopic (exact) mass is 240 g/mol. The number of ether oxygens (including phenoxy) is 1. The molecule has 1 fully saturated rings. The smallest absolute Gasteiger partial charge is 0.0635 e. The van der Waals surface area contributed by atoms with Crippen LogP contribution >= 0.6 is 0 Å². The Kier molecular flexibility index (Phi) is 4.93. The summed E-state index contributed by atoms with van der Waals surface area (Å²) in [5, 5.41) is 18.1. The summed E-state index contributed by atoms with van der Waals surface area (Å²) in [6.07, 6.45) is 0.540. The molecule has 0 unspecified atom stereocenters. The number of nitriles is 1. The molecule has 1 saturated heterocycles. The molecule has 1 rings (SSSR count). The summed E-state index contributed by atoms with van der Waals surface area (Å²) in [5.41, 5.74) is 0.109. The maximum absolute atomic E-state index is 9.44. The highest BCUT2D eigenvalue weighted by Gasteiger charge is 2.39. The van der Waals surface area contributed by atoms with Gasteiger partial charge in [-0.15, -0.1) is 0 Å².